The molecular weight excluding hydrogens is 232 g/mol. The maximum absolute atomic E-state index is 8.56. The molecule has 0 unspecified atom stereocenters. The second-order valence-corrected chi connectivity index (χ2v) is 3.78. The van der Waals surface area contributed by atoms with Gasteiger partial charge in [0.15, 0.2) is 0 Å². The van der Waals surface area contributed by atoms with Crippen molar-refractivity contribution in [3.8, 4) is 11.5 Å². The number of fused-ring (bicyclic) bond motifs is 2. The molecule has 0 aromatic heterocycles. The quantitative estimate of drug-likeness (QED) is 0.634. The number of para-hydroxylation sites is 2. The Hall–Kier alpha value is -2.49. The van der Waals surface area contributed by atoms with Crippen LogP contribution in [0.1, 0.15) is 11.1 Å². The van der Waals surface area contributed by atoms with Crippen LogP contribution < -0.4 is 4.74 Å². The fourth-order valence-corrected chi connectivity index (χ4v) is 1.82. The molecule has 92 valence electrons. The van der Waals surface area contributed by atoms with Crippen LogP contribution in [0, 0.1) is 0 Å². The fourth-order valence-electron chi connectivity index (χ4n) is 1.82. The Morgan fingerprint density at radius 3 is 1.72 bits per heavy atom. The third-order valence-electron chi connectivity index (χ3n) is 2.55. The van der Waals surface area contributed by atoms with E-state index >= 15 is 0 Å². The Labute approximate surface area is 104 Å². The summed E-state index contributed by atoms with van der Waals surface area (Å²) in [5.74, 6) is 1.98. The van der Waals surface area contributed by atoms with Gasteiger partial charge in [-0.25, -0.2) is 4.79 Å². The van der Waals surface area contributed by atoms with Crippen LogP contribution in [0.4, 0.5) is 4.79 Å². The number of carboxylic acid groups (broad SMARTS) is 2. The van der Waals surface area contributed by atoms with E-state index in [1.165, 1.54) is 11.1 Å². The minimum absolute atomic E-state index is 0.979. The molecule has 2 aromatic carbocycles. The third-order valence-corrected chi connectivity index (χ3v) is 2.55. The average Bonchev–Trinajstić information content (AvgIpc) is 2.35. The van der Waals surface area contributed by atoms with E-state index in [-0.39, 0.29) is 0 Å². The van der Waals surface area contributed by atoms with Crippen LogP contribution >= 0.6 is 0 Å². The highest BCUT2D eigenvalue weighted by Gasteiger charge is 2.14. The van der Waals surface area contributed by atoms with Crippen molar-refractivity contribution in [1.82, 2.24) is 0 Å². The van der Waals surface area contributed by atoms with E-state index in [9.17, 15) is 0 Å². The summed E-state index contributed by atoms with van der Waals surface area (Å²) >= 11 is 0. The molecule has 4 nitrogen and oxygen atoms in total. The fraction of sp³-hybridized carbons (Fsp3) is 0.0714. The van der Waals surface area contributed by atoms with Gasteiger partial charge in [0.2, 0.25) is 0 Å². The van der Waals surface area contributed by atoms with E-state index in [0.717, 1.165) is 17.9 Å². The Morgan fingerprint density at radius 2 is 1.28 bits per heavy atom. The van der Waals surface area contributed by atoms with E-state index in [2.05, 4.69) is 24.3 Å². The lowest BCUT2D eigenvalue weighted by Crippen LogP contribution is -2.01. The zero-order valence-electron chi connectivity index (χ0n) is 9.54. The van der Waals surface area contributed by atoms with E-state index in [1.54, 1.807) is 0 Å². The number of carbonyl (C=O) groups is 1. The number of hydrogen-bond donors (Lipinski definition) is 2. The molecule has 0 saturated heterocycles. The van der Waals surface area contributed by atoms with Crippen LogP contribution in [-0.4, -0.2) is 16.4 Å². The van der Waals surface area contributed by atoms with E-state index in [1.807, 2.05) is 24.3 Å². The lowest BCUT2D eigenvalue weighted by atomic mass is 10.0. The topological polar surface area (TPSA) is 66.8 Å². The van der Waals surface area contributed by atoms with Crippen molar-refractivity contribution in [1.29, 1.82) is 0 Å². The molecule has 0 saturated carbocycles. The molecular formula is C14H12O4. The minimum atomic E-state index is -1.83. The summed E-state index contributed by atoms with van der Waals surface area (Å²) in [4.78, 5) is 8.56. The van der Waals surface area contributed by atoms with Gasteiger partial charge in [-0.3, -0.25) is 0 Å². The largest absolute Gasteiger partial charge is 0.503 e. The minimum Gasteiger partial charge on any atom is -0.457 e. The normalized spacial score (nSPS) is 11.1. The Balaban J connectivity index is 0.000000267. The molecule has 0 radical (unpaired) electrons. The van der Waals surface area contributed by atoms with Crippen LogP contribution in [0.15, 0.2) is 48.5 Å². The molecule has 1 aliphatic heterocycles. The summed E-state index contributed by atoms with van der Waals surface area (Å²) in [5, 5.41) is 13.9. The highest BCUT2D eigenvalue weighted by Crippen LogP contribution is 2.35. The molecule has 0 spiro atoms. The molecule has 0 bridgehead atoms. The second kappa shape index (κ2) is 5.23. The second-order valence-electron chi connectivity index (χ2n) is 3.78. The predicted molar refractivity (Wildman–Crippen MR) is 66.4 cm³/mol. The van der Waals surface area contributed by atoms with Gasteiger partial charge in [-0.15, -0.1) is 0 Å². The van der Waals surface area contributed by atoms with Crippen LogP contribution in [0.3, 0.4) is 0 Å². The molecule has 1 aliphatic rings. The highest BCUT2D eigenvalue weighted by atomic mass is 16.6. The lowest BCUT2D eigenvalue weighted by Gasteiger charge is -2.19. The zero-order chi connectivity index (χ0) is 13.0. The van der Waals surface area contributed by atoms with E-state index < -0.39 is 6.16 Å². The first kappa shape index (κ1) is 12.0. The molecule has 1 heterocycles. The van der Waals surface area contributed by atoms with Crippen LogP contribution in [-0.2, 0) is 6.42 Å². The zero-order valence-corrected chi connectivity index (χ0v) is 9.54. The molecule has 4 heteroatoms. The number of rotatable bonds is 0. The maximum Gasteiger partial charge on any atom is 0.503 e. The Bertz CT molecular complexity index is 472. The van der Waals surface area contributed by atoms with Crippen LogP contribution in [0.2, 0.25) is 0 Å². The van der Waals surface area contributed by atoms with Gasteiger partial charge in [-0.1, -0.05) is 36.4 Å². The Kier molecular flexibility index (Phi) is 3.48. The van der Waals surface area contributed by atoms with Gasteiger partial charge in [0, 0.05) is 6.42 Å². The molecule has 0 amide bonds. The molecule has 0 fully saturated rings. The van der Waals surface area contributed by atoms with Crippen molar-refractivity contribution < 1.29 is 19.7 Å². The van der Waals surface area contributed by atoms with Gasteiger partial charge < -0.3 is 14.9 Å². The predicted octanol–water partition coefficient (Wildman–Crippen LogP) is 3.61. The number of hydrogen-bond acceptors (Lipinski definition) is 2. The average molecular weight is 244 g/mol. The van der Waals surface area contributed by atoms with Crippen molar-refractivity contribution in [3.05, 3.63) is 59.7 Å². The molecule has 2 aromatic rings. The molecule has 2 N–H and O–H groups in total. The lowest BCUT2D eigenvalue weighted by molar-refractivity contribution is 0.137. The molecule has 3 rings (SSSR count). The molecule has 0 aliphatic carbocycles. The summed E-state index contributed by atoms with van der Waals surface area (Å²) in [7, 11) is 0. The summed E-state index contributed by atoms with van der Waals surface area (Å²) in [6.07, 6.45) is -0.855. The summed E-state index contributed by atoms with van der Waals surface area (Å²) in [6.45, 7) is 0. The summed E-state index contributed by atoms with van der Waals surface area (Å²) in [6, 6.07) is 16.4. The third kappa shape index (κ3) is 2.79. The summed E-state index contributed by atoms with van der Waals surface area (Å²) < 4.78 is 5.78. The molecule has 0 atom stereocenters. The number of ether oxygens (including phenoxy) is 1. The van der Waals surface area contributed by atoms with Gasteiger partial charge in [-0.2, -0.15) is 0 Å². The molecule has 18 heavy (non-hydrogen) atoms. The first-order chi connectivity index (χ1) is 8.66. The van der Waals surface area contributed by atoms with E-state index in [0.29, 0.717) is 0 Å². The smallest absolute Gasteiger partial charge is 0.457 e. The first-order valence-electron chi connectivity index (χ1n) is 5.42. The monoisotopic (exact) mass is 244 g/mol. The van der Waals surface area contributed by atoms with Gasteiger partial charge in [0.05, 0.1) is 0 Å². The van der Waals surface area contributed by atoms with Crippen molar-refractivity contribution in [2.75, 3.05) is 0 Å². The van der Waals surface area contributed by atoms with Gasteiger partial charge in [-0.05, 0) is 23.3 Å². The SMILES string of the molecule is O=C(O)O.c1ccc2c(c1)Cc1ccccc1O2. The van der Waals surface area contributed by atoms with Crippen LogP contribution in [0.25, 0.3) is 0 Å². The van der Waals surface area contributed by atoms with Crippen molar-refractivity contribution in [2.45, 2.75) is 6.42 Å². The van der Waals surface area contributed by atoms with E-state index in [4.69, 9.17) is 19.7 Å². The van der Waals surface area contributed by atoms with Crippen LogP contribution in [0.5, 0.6) is 11.5 Å². The first-order valence-corrected chi connectivity index (χ1v) is 5.42. The van der Waals surface area contributed by atoms with Crippen molar-refractivity contribution >= 4 is 6.16 Å². The Morgan fingerprint density at radius 1 is 0.889 bits per heavy atom. The van der Waals surface area contributed by atoms with Gasteiger partial charge >= 0.3 is 6.16 Å². The maximum atomic E-state index is 8.56. The van der Waals surface area contributed by atoms with Gasteiger partial charge in [0.1, 0.15) is 11.5 Å². The highest BCUT2D eigenvalue weighted by molar-refractivity contribution is 5.53. The standard InChI is InChI=1S/C13H10O.CH2O3/c1-3-7-12-10(5-1)9-11-6-2-4-8-13(11)14-12;2-1(3)4/h1-8H,9H2;(H2,2,3,4). The van der Waals surface area contributed by atoms with Gasteiger partial charge in [0.25, 0.3) is 0 Å². The summed E-state index contributed by atoms with van der Waals surface area (Å²) in [5.41, 5.74) is 2.54. The number of benzene rings is 2. The van der Waals surface area contributed by atoms with Crippen molar-refractivity contribution in [3.63, 3.8) is 0 Å². The van der Waals surface area contributed by atoms with Crippen molar-refractivity contribution in [2.24, 2.45) is 0 Å².